The average Bonchev–Trinajstić information content (AvgIpc) is 2.96. The van der Waals surface area contributed by atoms with E-state index in [-0.39, 0.29) is 12.3 Å². The number of amides is 1. The summed E-state index contributed by atoms with van der Waals surface area (Å²) in [5.74, 6) is -0.266. The second-order valence-corrected chi connectivity index (χ2v) is 5.83. The third-order valence-corrected chi connectivity index (χ3v) is 4.53. The van der Waals surface area contributed by atoms with Crippen LogP contribution in [0.25, 0.3) is 0 Å². The van der Waals surface area contributed by atoms with Crippen molar-refractivity contribution in [2.24, 2.45) is 5.41 Å². The summed E-state index contributed by atoms with van der Waals surface area (Å²) in [6.07, 6.45) is 3.05. The van der Waals surface area contributed by atoms with Crippen LogP contribution in [0.4, 0.5) is 5.69 Å². The summed E-state index contributed by atoms with van der Waals surface area (Å²) in [4.78, 5) is 25.9. The predicted octanol–water partition coefficient (Wildman–Crippen LogP) is 2.45. The molecule has 2 aliphatic rings. The summed E-state index contributed by atoms with van der Waals surface area (Å²) in [6, 6.07) is 7.39. The van der Waals surface area contributed by atoms with E-state index in [4.69, 9.17) is 4.74 Å². The van der Waals surface area contributed by atoms with Gasteiger partial charge >= 0.3 is 5.97 Å². The lowest BCUT2D eigenvalue weighted by molar-refractivity contribution is -0.151. The molecular formula is C16H19NO4. The summed E-state index contributed by atoms with van der Waals surface area (Å²) in [5.41, 5.74) is -0.128. The lowest BCUT2D eigenvalue weighted by atomic mass is 9.82. The van der Waals surface area contributed by atoms with E-state index in [1.165, 1.54) is 0 Å². The standard InChI is InChI=1S/C16H19NO4/c18-14(11-16(15(19)20)7-3-4-8-16)17-9-10-21-13-6-2-1-5-12(13)17/h1-2,5-6H,3-4,7-11H2,(H,19,20). The molecule has 1 aromatic carbocycles. The van der Waals surface area contributed by atoms with Crippen LogP contribution in [-0.2, 0) is 9.59 Å². The maximum absolute atomic E-state index is 12.6. The second kappa shape index (κ2) is 5.39. The van der Waals surface area contributed by atoms with Gasteiger partial charge in [-0.2, -0.15) is 0 Å². The zero-order valence-corrected chi connectivity index (χ0v) is 11.9. The number of nitrogens with zero attached hydrogens (tertiary/aromatic N) is 1. The normalized spacial score (nSPS) is 19.7. The Bertz CT molecular complexity index is 563. The number of para-hydroxylation sites is 2. The molecule has 0 spiro atoms. The van der Waals surface area contributed by atoms with Gasteiger partial charge in [0.05, 0.1) is 17.6 Å². The fourth-order valence-corrected chi connectivity index (χ4v) is 3.33. The monoisotopic (exact) mass is 289 g/mol. The highest BCUT2D eigenvalue weighted by Crippen LogP contribution is 2.42. The Morgan fingerprint density at radius 1 is 1.24 bits per heavy atom. The van der Waals surface area contributed by atoms with Crippen LogP contribution in [0, 0.1) is 5.41 Å². The molecule has 0 atom stereocenters. The van der Waals surface area contributed by atoms with Gasteiger partial charge in [-0.25, -0.2) is 0 Å². The van der Waals surface area contributed by atoms with Crippen molar-refractivity contribution < 1.29 is 19.4 Å². The molecule has 0 aromatic heterocycles. The summed E-state index contributed by atoms with van der Waals surface area (Å²) in [7, 11) is 0. The molecule has 1 N–H and O–H groups in total. The van der Waals surface area contributed by atoms with Crippen LogP contribution >= 0.6 is 0 Å². The van der Waals surface area contributed by atoms with Gasteiger partial charge in [0.15, 0.2) is 0 Å². The van der Waals surface area contributed by atoms with Crippen molar-refractivity contribution in [3.05, 3.63) is 24.3 Å². The average molecular weight is 289 g/mol. The van der Waals surface area contributed by atoms with E-state index in [0.717, 1.165) is 18.5 Å². The topological polar surface area (TPSA) is 66.8 Å². The zero-order valence-electron chi connectivity index (χ0n) is 11.9. The molecule has 5 nitrogen and oxygen atoms in total. The fraction of sp³-hybridized carbons (Fsp3) is 0.500. The first-order valence-electron chi connectivity index (χ1n) is 7.38. The molecular weight excluding hydrogens is 270 g/mol. The van der Waals surface area contributed by atoms with Crippen LogP contribution in [0.3, 0.4) is 0 Å². The molecule has 3 rings (SSSR count). The molecule has 1 aliphatic carbocycles. The Kier molecular flexibility index (Phi) is 3.57. The third kappa shape index (κ3) is 2.48. The molecule has 112 valence electrons. The van der Waals surface area contributed by atoms with Crippen LogP contribution in [0.5, 0.6) is 5.75 Å². The number of hydrogen-bond donors (Lipinski definition) is 1. The molecule has 1 aromatic rings. The fourth-order valence-electron chi connectivity index (χ4n) is 3.33. The highest BCUT2D eigenvalue weighted by Gasteiger charge is 2.44. The summed E-state index contributed by atoms with van der Waals surface area (Å²) in [6.45, 7) is 0.925. The summed E-state index contributed by atoms with van der Waals surface area (Å²) >= 11 is 0. The lowest BCUT2D eigenvalue weighted by Crippen LogP contribution is -2.42. The van der Waals surface area contributed by atoms with Gasteiger partial charge in [0.2, 0.25) is 5.91 Å². The molecule has 5 heteroatoms. The van der Waals surface area contributed by atoms with E-state index in [1.54, 1.807) is 4.90 Å². The van der Waals surface area contributed by atoms with Crippen molar-refractivity contribution in [3.63, 3.8) is 0 Å². The number of ether oxygens (including phenoxy) is 1. The van der Waals surface area contributed by atoms with Gasteiger partial charge < -0.3 is 14.7 Å². The van der Waals surface area contributed by atoms with Crippen LogP contribution in [-0.4, -0.2) is 30.1 Å². The molecule has 21 heavy (non-hydrogen) atoms. The zero-order chi connectivity index (χ0) is 14.9. The van der Waals surface area contributed by atoms with Crippen molar-refractivity contribution in [2.45, 2.75) is 32.1 Å². The molecule has 0 unspecified atom stereocenters. The molecule has 1 fully saturated rings. The summed E-state index contributed by atoms with van der Waals surface area (Å²) < 4.78 is 5.54. The van der Waals surface area contributed by atoms with Crippen LogP contribution < -0.4 is 9.64 Å². The number of fused-ring (bicyclic) bond motifs is 1. The van der Waals surface area contributed by atoms with Gasteiger partial charge in [0, 0.05) is 6.42 Å². The van der Waals surface area contributed by atoms with Crippen LogP contribution in [0.2, 0.25) is 0 Å². The second-order valence-electron chi connectivity index (χ2n) is 5.83. The van der Waals surface area contributed by atoms with Gasteiger partial charge in [-0.1, -0.05) is 25.0 Å². The number of benzene rings is 1. The first-order valence-corrected chi connectivity index (χ1v) is 7.38. The molecule has 1 heterocycles. The molecule has 1 saturated carbocycles. The van der Waals surface area contributed by atoms with Gasteiger partial charge in [-0.3, -0.25) is 9.59 Å². The highest BCUT2D eigenvalue weighted by atomic mass is 16.5. The van der Waals surface area contributed by atoms with Gasteiger partial charge in [-0.15, -0.1) is 0 Å². The number of carbonyl (C=O) groups is 2. The van der Waals surface area contributed by atoms with Crippen molar-refractivity contribution >= 4 is 17.6 Å². The molecule has 0 bridgehead atoms. The molecule has 0 radical (unpaired) electrons. The first kappa shape index (κ1) is 13.9. The minimum absolute atomic E-state index is 0.0800. The molecule has 1 aliphatic heterocycles. The number of hydrogen-bond acceptors (Lipinski definition) is 3. The van der Waals surface area contributed by atoms with E-state index in [0.29, 0.717) is 31.7 Å². The summed E-state index contributed by atoms with van der Waals surface area (Å²) in [5, 5.41) is 9.51. The third-order valence-electron chi connectivity index (χ3n) is 4.53. The Morgan fingerprint density at radius 3 is 2.67 bits per heavy atom. The SMILES string of the molecule is O=C(CC1(C(=O)O)CCCC1)N1CCOc2ccccc21. The van der Waals surface area contributed by atoms with Gasteiger partial charge in [-0.05, 0) is 25.0 Å². The number of carboxylic acid groups (broad SMARTS) is 1. The maximum Gasteiger partial charge on any atom is 0.310 e. The number of rotatable bonds is 3. The number of aliphatic carboxylic acids is 1. The molecule has 0 saturated heterocycles. The number of carbonyl (C=O) groups excluding carboxylic acids is 1. The Hall–Kier alpha value is -2.04. The maximum atomic E-state index is 12.6. The van der Waals surface area contributed by atoms with E-state index in [2.05, 4.69) is 0 Å². The van der Waals surface area contributed by atoms with Crippen molar-refractivity contribution in [1.82, 2.24) is 0 Å². The lowest BCUT2D eigenvalue weighted by Gasteiger charge is -2.32. The van der Waals surface area contributed by atoms with Crippen LogP contribution in [0.1, 0.15) is 32.1 Å². The highest BCUT2D eigenvalue weighted by molar-refractivity contribution is 5.98. The van der Waals surface area contributed by atoms with Gasteiger partial charge in [0.1, 0.15) is 12.4 Å². The smallest absolute Gasteiger partial charge is 0.310 e. The number of anilines is 1. The minimum Gasteiger partial charge on any atom is -0.490 e. The predicted molar refractivity (Wildman–Crippen MR) is 77.4 cm³/mol. The van der Waals surface area contributed by atoms with Crippen LogP contribution in [0.15, 0.2) is 24.3 Å². The van der Waals surface area contributed by atoms with E-state index >= 15 is 0 Å². The van der Waals surface area contributed by atoms with Crippen molar-refractivity contribution in [2.75, 3.05) is 18.1 Å². The quantitative estimate of drug-likeness (QED) is 0.928. The Morgan fingerprint density at radius 2 is 1.95 bits per heavy atom. The Balaban J connectivity index is 1.82. The Labute approximate surface area is 123 Å². The largest absolute Gasteiger partial charge is 0.490 e. The van der Waals surface area contributed by atoms with E-state index in [1.807, 2.05) is 24.3 Å². The first-order chi connectivity index (χ1) is 10.1. The van der Waals surface area contributed by atoms with Crippen molar-refractivity contribution in [1.29, 1.82) is 0 Å². The molecule has 1 amide bonds. The van der Waals surface area contributed by atoms with Crippen molar-refractivity contribution in [3.8, 4) is 5.75 Å². The van der Waals surface area contributed by atoms with E-state index < -0.39 is 11.4 Å². The van der Waals surface area contributed by atoms with E-state index in [9.17, 15) is 14.7 Å². The minimum atomic E-state index is -0.871. The van der Waals surface area contributed by atoms with Gasteiger partial charge in [0.25, 0.3) is 0 Å². The number of carboxylic acids is 1.